The molecule has 1 aromatic carbocycles. The fourth-order valence-corrected chi connectivity index (χ4v) is 2.74. The molecule has 1 unspecified atom stereocenters. The summed E-state index contributed by atoms with van der Waals surface area (Å²) in [5.41, 5.74) is 0.977. The Labute approximate surface area is 119 Å². The first-order chi connectivity index (χ1) is 8.77. The summed E-state index contributed by atoms with van der Waals surface area (Å²) >= 11 is 12.2. The second-order valence-corrected chi connectivity index (χ2v) is 5.47. The molecule has 1 heterocycles. The minimum atomic E-state index is 0.424. The number of halogens is 2. The molecule has 2 nitrogen and oxygen atoms in total. The van der Waals surface area contributed by atoms with Gasteiger partial charge in [0.1, 0.15) is 0 Å². The monoisotopic (exact) mass is 287 g/mol. The van der Waals surface area contributed by atoms with Crippen molar-refractivity contribution in [2.75, 3.05) is 13.2 Å². The molecule has 1 N–H and O–H groups in total. The number of nitrogens with one attached hydrogen (secondary N) is 1. The van der Waals surface area contributed by atoms with Gasteiger partial charge >= 0.3 is 0 Å². The number of hydrogen-bond donors (Lipinski definition) is 1. The van der Waals surface area contributed by atoms with Crippen molar-refractivity contribution >= 4 is 23.2 Å². The second kappa shape index (κ2) is 7.34. The molecule has 0 aromatic heterocycles. The van der Waals surface area contributed by atoms with Gasteiger partial charge in [0.05, 0.1) is 6.10 Å². The minimum absolute atomic E-state index is 0.424. The van der Waals surface area contributed by atoms with Crippen molar-refractivity contribution in [3.63, 3.8) is 0 Å². The van der Waals surface area contributed by atoms with E-state index in [4.69, 9.17) is 27.9 Å². The molecule has 0 saturated carbocycles. The number of ether oxygens (including phenoxy) is 1. The Morgan fingerprint density at radius 1 is 1.22 bits per heavy atom. The summed E-state index contributed by atoms with van der Waals surface area (Å²) < 4.78 is 5.69. The number of benzene rings is 1. The third-order valence-electron chi connectivity index (χ3n) is 3.28. The van der Waals surface area contributed by atoms with Crippen LogP contribution < -0.4 is 5.32 Å². The van der Waals surface area contributed by atoms with Crippen LogP contribution in [-0.2, 0) is 11.3 Å². The maximum Gasteiger partial charge on any atom is 0.0587 e. The van der Waals surface area contributed by atoms with E-state index < -0.39 is 0 Å². The highest BCUT2D eigenvalue weighted by Crippen LogP contribution is 2.23. The zero-order valence-corrected chi connectivity index (χ0v) is 11.9. The van der Waals surface area contributed by atoms with Crippen molar-refractivity contribution in [2.24, 2.45) is 0 Å². The van der Waals surface area contributed by atoms with Crippen molar-refractivity contribution in [3.8, 4) is 0 Å². The lowest BCUT2D eigenvalue weighted by Crippen LogP contribution is -2.25. The Bertz CT molecular complexity index is 358. The highest BCUT2D eigenvalue weighted by Gasteiger charge is 2.13. The molecule has 1 aliphatic rings. The molecule has 0 amide bonds. The SMILES string of the molecule is Clc1cccc(Cl)c1CNCCC1CCCCO1. The zero-order chi connectivity index (χ0) is 12.8. The largest absolute Gasteiger partial charge is 0.378 e. The fourth-order valence-electron chi connectivity index (χ4n) is 2.21. The summed E-state index contributed by atoms with van der Waals surface area (Å²) in [6, 6.07) is 5.60. The highest BCUT2D eigenvalue weighted by molar-refractivity contribution is 6.35. The summed E-state index contributed by atoms with van der Waals surface area (Å²) in [6.45, 7) is 2.57. The molecule has 1 saturated heterocycles. The molecular formula is C14H19Cl2NO. The van der Waals surface area contributed by atoms with E-state index in [0.717, 1.165) is 35.2 Å². The van der Waals surface area contributed by atoms with E-state index in [2.05, 4.69) is 5.32 Å². The highest BCUT2D eigenvalue weighted by atomic mass is 35.5. The third-order valence-corrected chi connectivity index (χ3v) is 3.99. The van der Waals surface area contributed by atoms with Crippen LogP contribution >= 0.6 is 23.2 Å². The molecule has 4 heteroatoms. The molecule has 0 radical (unpaired) electrons. The maximum absolute atomic E-state index is 6.11. The van der Waals surface area contributed by atoms with Crippen molar-refractivity contribution < 1.29 is 4.74 Å². The molecule has 0 bridgehead atoms. The molecule has 1 aromatic rings. The van der Waals surface area contributed by atoms with Crippen LogP contribution in [0, 0.1) is 0 Å². The molecule has 1 fully saturated rings. The van der Waals surface area contributed by atoms with Crippen LogP contribution in [0.2, 0.25) is 10.0 Å². The lowest BCUT2D eigenvalue weighted by molar-refractivity contribution is 0.0115. The summed E-state index contributed by atoms with van der Waals surface area (Å²) in [7, 11) is 0. The van der Waals surface area contributed by atoms with Crippen LogP contribution in [0.1, 0.15) is 31.2 Å². The van der Waals surface area contributed by atoms with Crippen LogP contribution in [0.25, 0.3) is 0 Å². The molecule has 1 atom stereocenters. The fraction of sp³-hybridized carbons (Fsp3) is 0.571. The van der Waals surface area contributed by atoms with Gasteiger partial charge in [0.15, 0.2) is 0 Å². The summed E-state index contributed by atoms with van der Waals surface area (Å²) in [5.74, 6) is 0. The van der Waals surface area contributed by atoms with E-state index in [-0.39, 0.29) is 0 Å². The van der Waals surface area contributed by atoms with Crippen molar-refractivity contribution in [1.82, 2.24) is 5.32 Å². The average Bonchev–Trinajstić information content (AvgIpc) is 2.38. The molecule has 100 valence electrons. The first-order valence-corrected chi connectivity index (χ1v) is 7.28. The number of rotatable bonds is 5. The zero-order valence-electron chi connectivity index (χ0n) is 10.4. The summed E-state index contributed by atoms with van der Waals surface area (Å²) in [6.07, 6.45) is 5.17. The molecular weight excluding hydrogens is 269 g/mol. The van der Waals surface area contributed by atoms with Gasteiger partial charge in [0, 0.05) is 28.8 Å². The Kier molecular flexibility index (Phi) is 5.77. The molecule has 0 aliphatic carbocycles. The van der Waals surface area contributed by atoms with Gasteiger partial charge in [-0.25, -0.2) is 0 Å². The average molecular weight is 288 g/mol. The number of hydrogen-bond acceptors (Lipinski definition) is 2. The smallest absolute Gasteiger partial charge is 0.0587 e. The van der Waals surface area contributed by atoms with Crippen LogP contribution in [0.4, 0.5) is 0 Å². The van der Waals surface area contributed by atoms with E-state index in [0.29, 0.717) is 12.6 Å². The van der Waals surface area contributed by atoms with Gasteiger partial charge < -0.3 is 10.1 Å². The maximum atomic E-state index is 6.11. The lowest BCUT2D eigenvalue weighted by Gasteiger charge is -2.22. The van der Waals surface area contributed by atoms with Crippen molar-refractivity contribution in [1.29, 1.82) is 0 Å². The van der Waals surface area contributed by atoms with Crippen LogP contribution in [0.3, 0.4) is 0 Å². The summed E-state index contributed by atoms with van der Waals surface area (Å²) in [4.78, 5) is 0. The Hall–Kier alpha value is -0.280. The van der Waals surface area contributed by atoms with Crippen LogP contribution in [0.5, 0.6) is 0 Å². The normalized spacial score (nSPS) is 20.0. The van der Waals surface area contributed by atoms with Crippen molar-refractivity contribution in [2.45, 2.75) is 38.3 Å². The van der Waals surface area contributed by atoms with E-state index in [1.165, 1.54) is 19.3 Å². The van der Waals surface area contributed by atoms with Gasteiger partial charge in [-0.15, -0.1) is 0 Å². The van der Waals surface area contributed by atoms with Crippen LogP contribution in [0.15, 0.2) is 18.2 Å². The van der Waals surface area contributed by atoms with Crippen LogP contribution in [-0.4, -0.2) is 19.3 Å². The lowest BCUT2D eigenvalue weighted by atomic mass is 10.1. The van der Waals surface area contributed by atoms with E-state index in [9.17, 15) is 0 Å². The molecule has 2 rings (SSSR count). The second-order valence-electron chi connectivity index (χ2n) is 4.65. The molecule has 0 spiro atoms. The first-order valence-electron chi connectivity index (χ1n) is 6.52. The predicted octanol–water partition coefficient (Wildman–Crippen LogP) is 4.04. The van der Waals surface area contributed by atoms with E-state index >= 15 is 0 Å². The predicted molar refractivity (Wildman–Crippen MR) is 76.4 cm³/mol. The van der Waals surface area contributed by atoms with Gasteiger partial charge in [-0.3, -0.25) is 0 Å². The van der Waals surface area contributed by atoms with Gasteiger partial charge in [-0.2, -0.15) is 0 Å². The minimum Gasteiger partial charge on any atom is -0.378 e. The Morgan fingerprint density at radius 3 is 2.67 bits per heavy atom. The van der Waals surface area contributed by atoms with Gasteiger partial charge in [-0.05, 0) is 44.4 Å². The Morgan fingerprint density at radius 2 is 2.00 bits per heavy atom. The molecule has 18 heavy (non-hydrogen) atoms. The standard InChI is InChI=1S/C14H19Cl2NO/c15-13-5-3-6-14(16)12(13)10-17-8-7-11-4-1-2-9-18-11/h3,5-6,11,17H,1-2,4,7-10H2. The topological polar surface area (TPSA) is 21.3 Å². The first kappa shape index (κ1) is 14.1. The Balaban J connectivity index is 1.71. The van der Waals surface area contributed by atoms with Crippen molar-refractivity contribution in [3.05, 3.63) is 33.8 Å². The van der Waals surface area contributed by atoms with Gasteiger partial charge in [0.2, 0.25) is 0 Å². The third kappa shape index (κ3) is 4.13. The quantitative estimate of drug-likeness (QED) is 0.826. The molecule has 1 aliphatic heterocycles. The summed E-state index contributed by atoms with van der Waals surface area (Å²) in [5, 5.41) is 4.83. The van der Waals surface area contributed by atoms with Gasteiger partial charge in [-0.1, -0.05) is 29.3 Å². The van der Waals surface area contributed by atoms with E-state index in [1.807, 2.05) is 18.2 Å². The van der Waals surface area contributed by atoms with E-state index in [1.54, 1.807) is 0 Å². The van der Waals surface area contributed by atoms with Gasteiger partial charge in [0.25, 0.3) is 0 Å².